The Kier molecular flexibility index (Phi) is 20.5. The molecule has 0 radical (unpaired) electrons. The van der Waals surface area contributed by atoms with Gasteiger partial charge >= 0.3 is 6.09 Å². The number of carbonyl (C=O) groups is 1. The summed E-state index contributed by atoms with van der Waals surface area (Å²) in [7, 11) is 0. The van der Waals surface area contributed by atoms with Gasteiger partial charge in [-0.1, -0.05) is 48.5 Å². The molecule has 0 heterocycles. The van der Waals surface area contributed by atoms with Gasteiger partial charge in [-0.15, -0.1) is 0 Å². The molecule has 0 saturated heterocycles. The summed E-state index contributed by atoms with van der Waals surface area (Å²) in [6.07, 6.45) is -0.452. The van der Waals surface area contributed by atoms with Crippen molar-refractivity contribution in [3.63, 3.8) is 0 Å². The summed E-state index contributed by atoms with van der Waals surface area (Å²) in [6.45, 7) is 8.69. The van der Waals surface area contributed by atoms with Crippen LogP contribution in [-0.4, -0.2) is 132 Å². The molecule has 1 aliphatic carbocycles. The summed E-state index contributed by atoms with van der Waals surface area (Å²) in [4.78, 5) is 12.2. The number of nitrogens with one attached hydrogen (secondary N) is 1. The average molecular weight is 727 g/mol. The third-order valence-corrected chi connectivity index (χ3v) is 7.84. The standard InChI is InChI=1S/C39H54N2O11/c40-32-9-11-33(12-10-32)51-30-29-50-28-27-49-26-25-48-24-23-47-22-21-46-20-19-45-18-17-44-16-15-43-14-13-41-39(42)52-31-38-36-7-3-1-5-34(36)35-6-2-4-8-37(35)38/h1-12,38H,13-31,40H2,(H,41,42). The van der Waals surface area contributed by atoms with Crippen molar-refractivity contribution < 1.29 is 52.2 Å². The number of carbonyl (C=O) groups excluding carboxylic acids is 1. The van der Waals surface area contributed by atoms with Crippen LogP contribution in [0, 0.1) is 0 Å². The van der Waals surface area contributed by atoms with E-state index in [0.717, 1.165) is 5.75 Å². The molecule has 0 saturated carbocycles. The van der Waals surface area contributed by atoms with E-state index in [2.05, 4.69) is 29.6 Å². The lowest BCUT2D eigenvalue weighted by atomic mass is 9.98. The lowest BCUT2D eigenvalue weighted by molar-refractivity contribution is -0.0235. The number of anilines is 1. The first kappa shape index (κ1) is 41.0. The molecule has 0 aromatic heterocycles. The molecule has 1 amide bonds. The Hall–Kier alpha value is -3.79. The van der Waals surface area contributed by atoms with Gasteiger partial charge < -0.3 is 58.4 Å². The molecule has 3 N–H and O–H groups in total. The lowest BCUT2D eigenvalue weighted by Crippen LogP contribution is -2.29. The van der Waals surface area contributed by atoms with Crippen molar-refractivity contribution >= 4 is 11.8 Å². The average Bonchev–Trinajstić information content (AvgIpc) is 3.49. The number of nitrogens with two attached hydrogens (primary N) is 1. The SMILES string of the molecule is Nc1ccc(OCCOCCOCCOCCOCCOCCOCCOCCOCCNC(=O)OCC2c3ccccc3-c3ccccc32)cc1. The number of hydrogen-bond donors (Lipinski definition) is 2. The van der Waals surface area contributed by atoms with Crippen molar-refractivity contribution in [2.45, 2.75) is 5.92 Å². The number of alkyl carbamates (subject to hydrolysis) is 1. The lowest BCUT2D eigenvalue weighted by Gasteiger charge is -2.14. The highest BCUT2D eigenvalue weighted by atomic mass is 16.6. The number of rotatable bonds is 30. The predicted molar refractivity (Wildman–Crippen MR) is 196 cm³/mol. The molecule has 0 spiro atoms. The van der Waals surface area contributed by atoms with Gasteiger partial charge in [0.15, 0.2) is 0 Å². The molecule has 13 nitrogen and oxygen atoms in total. The van der Waals surface area contributed by atoms with E-state index in [-0.39, 0.29) is 12.5 Å². The van der Waals surface area contributed by atoms with Crippen molar-refractivity contribution in [3.8, 4) is 16.9 Å². The Morgan fingerprint density at radius 3 is 1.33 bits per heavy atom. The minimum absolute atomic E-state index is 0.0371. The molecule has 52 heavy (non-hydrogen) atoms. The third-order valence-electron chi connectivity index (χ3n) is 7.84. The molecule has 286 valence electrons. The van der Waals surface area contributed by atoms with Crippen LogP contribution >= 0.6 is 0 Å². The molecule has 3 aromatic carbocycles. The summed E-state index contributed by atoms with van der Waals surface area (Å²) in [5, 5.41) is 2.74. The Labute approximate surface area is 306 Å². The van der Waals surface area contributed by atoms with Crippen molar-refractivity contribution in [2.24, 2.45) is 0 Å². The molecule has 3 aromatic rings. The molecule has 0 atom stereocenters. The highest BCUT2D eigenvalue weighted by Gasteiger charge is 2.28. The van der Waals surface area contributed by atoms with Crippen molar-refractivity contribution in [1.82, 2.24) is 5.32 Å². The molecule has 0 fully saturated rings. The van der Waals surface area contributed by atoms with Gasteiger partial charge in [0.25, 0.3) is 0 Å². The molecule has 4 rings (SSSR count). The van der Waals surface area contributed by atoms with Crippen LogP contribution in [-0.2, 0) is 42.6 Å². The Balaban J connectivity index is 0.809. The first-order valence-corrected chi connectivity index (χ1v) is 17.9. The zero-order valence-electron chi connectivity index (χ0n) is 30.0. The molecule has 13 heteroatoms. The van der Waals surface area contributed by atoms with Crippen molar-refractivity contribution in [3.05, 3.63) is 83.9 Å². The first-order valence-electron chi connectivity index (χ1n) is 17.9. The highest BCUT2D eigenvalue weighted by molar-refractivity contribution is 5.79. The van der Waals surface area contributed by atoms with E-state index in [0.29, 0.717) is 125 Å². The van der Waals surface area contributed by atoms with Crippen LogP contribution in [0.15, 0.2) is 72.8 Å². The van der Waals surface area contributed by atoms with E-state index < -0.39 is 6.09 Å². The van der Waals surface area contributed by atoms with Gasteiger partial charge in [0.2, 0.25) is 0 Å². The summed E-state index contributed by atoms with van der Waals surface area (Å²) in [5.74, 6) is 0.805. The van der Waals surface area contributed by atoms with Crippen LogP contribution in [0.5, 0.6) is 5.75 Å². The number of hydrogen-bond acceptors (Lipinski definition) is 12. The second-order valence-electron chi connectivity index (χ2n) is 11.6. The van der Waals surface area contributed by atoms with Crippen molar-refractivity contribution in [1.29, 1.82) is 0 Å². The van der Waals surface area contributed by atoms with Gasteiger partial charge in [0, 0.05) is 18.2 Å². The molecular formula is C39H54N2O11. The summed E-state index contributed by atoms with van der Waals surface area (Å²) in [5.41, 5.74) is 11.1. The predicted octanol–water partition coefficient (Wildman–Crippen LogP) is 4.32. The fourth-order valence-corrected chi connectivity index (χ4v) is 5.30. The maximum Gasteiger partial charge on any atom is 0.407 e. The quantitative estimate of drug-likeness (QED) is 0.0745. The van der Waals surface area contributed by atoms with Crippen LogP contribution in [0.2, 0.25) is 0 Å². The normalized spacial score (nSPS) is 12.1. The van der Waals surface area contributed by atoms with Crippen LogP contribution in [0.1, 0.15) is 17.0 Å². The third kappa shape index (κ3) is 16.3. The van der Waals surface area contributed by atoms with Crippen LogP contribution < -0.4 is 15.8 Å². The van der Waals surface area contributed by atoms with E-state index in [1.54, 1.807) is 12.1 Å². The molecular weight excluding hydrogens is 672 g/mol. The van der Waals surface area contributed by atoms with E-state index in [1.165, 1.54) is 22.3 Å². The van der Waals surface area contributed by atoms with Crippen molar-refractivity contribution in [2.75, 3.05) is 131 Å². The van der Waals surface area contributed by atoms with E-state index in [9.17, 15) is 4.79 Å². The number of ether oxygens (including phenoxy) is 10. The Morgan fingerprint density at radius 2 is 0.885 bits per heavy atom. The number of amides is 1. The number of nitrogen functional groups attached to an aromatic ring is 1. The summed E-state index contributed by atoms with van der Waals surface area (Å²) < 4.78 is 55.1. The minimum atomic E-state index is -0.452. The van der Waals surface area contributed by atoms with Gasteiger partial charge in [-0.2, -0.15) is 0 Å². The minimum Gasteiger partial charge on any atom is -0.491 e. The van der Waals surface area contributed by atoms with Crippen LogP contribution in [0.4, 0.5) is 10.5 Å². The zero-order chi connectivity index (χ0) is 36.3. The molecule has 0 aliphatic heterocycles. The van der Waals surface area contributed by atoms with Gasteiger partial charge in [-0.25, -0.2) is 4.79 Å². The highest BCUT2D eigenvalue weighted by Crippen LogP contribution is 2.44. The van der Waals surface area contributed by atoms with Gasteiger partial charge in [-0.3, -0.25) is 0 Å². The maximum atomic E-state index is 12.2. The monoisotopic (exact) mass is 726 g/mol. The smallest absolute Gasteiger partial charge is 0.407 e. The second kappa shape index (κ2) is 26.0. The Morgan fingerprint density at radius 1 is 0.500 bits per heavy atom. The van der Waals surface area contributed by atoms with E-state index in [1.807, 2.05) is 36.4 Å². The summed E-state index contributed by atoms with van der Waals surface area (Å²) >= 11 is 0. The first-order chi connectivity index (χ1) is 25.7. The van der Waals surface area contributed by atoms with E-state index >= 15 is 0 Å². The van der Waals surface area contributed by atoms with Gasteiger partial charge in [0.05, 0.1) is 106 Å². The van der Waals surface area contributed by atoms with E-state index in [4.69, 9.17) is 53.1 Å². The van der Waals surface area contributed by atoms with Gasteiger partial charge in [0.1, 0.15) is 19.0 Å². The number of fused-ring (bicyclic) bond motifs is 3. The molecule has 1 aliphatic rings. The fraction of sp³-hybridized carbons (Fsp3) is 0.513. The fourth-order valence-electron chi connectivity index (χ4n) is 5.30. The zero-order valence-corrected chi connectivity index (χ0v) is 30.0. The molecule has 0 bridgehead atoms. The topological polar surface area (TPSA) is 147 Å². The number of benzene rings is 3. The van der Waals surface area contributed by atoms with Crippen LogP contribution in [0.25, 0.3) is 11.1 Å². The maximum absolute atomic E-state index is 12.2. The largest absolute Gasteiger partial charge is 0.491 e. The molecule has 0 unspecified atom stereocenters. The van der Waals surface area contributed by atoms with Crippen LogP contribution in [0.3, 0.4) is 0 Å². The second-order valence-corrected chi connectivity index (χ2v) is 11.6. The summed E-state index contributed by atoms with van der Waals surface area (Å²) in [6, 6.07) is 23.8. The van der Waals surface area contributed by atoms with Gasteiger partial charge in [-0.05, 0) is 46.5 Å². The Bertz CT molecular complexity index is 1330.